The second kappa shape index (κ2) is 5.10. The fourth-order valence-corrected chi connectivity index (χ4v) is 1.90. The van der Waals surface area contributed by atoms with Gasteiger partial charge in [0.25, 0.3) is 0 Å². The van der Waals surface area contributed by atoms with Gasteiger partial charge in [0.05, 0.1) is 17.1 Å². The maximum absolute atomic E-state index is 10.9. The largest absolute Gasteiger partial charge is 0.398 e. The molecular weight excluding hydrogens is 248 g/mol. The summed E-state index contributed by atoms with van der Waals surface area (Å²) in [5.74, 6) is -0.345. The molecule has 4 N–H and O–H groups in total. The van der Waals surface area contributed by atoms with Gasteiger partial charge in [0, 0.05) is 0 Å². The number of hydrogen-bond donors (Lipinski definition) is 2. The van der Waals surface area contributed by atoms with Crippen LogP contribution in [0.1, 0.15) is 5.56 Å². The smallest absolute Gasteiger partial charge is 0.221 e. The number of nitrogens with two attached hydrogens (primary N) is 2. The average molecular weight is 261 g/mol. The van der Waals surface area contributed by atoms with Crippen LogP contribution in [0.4, 0.5) is 5.69 Å². The van der Waals surface area contributed by atoms with Crippen LogP contribution in [-0.4, -0.2) is 5.91 Å². The van der Waals surface area contributed by atoms with Crippen molar-refractivity contribution < 1.29 is 4.79 Å². The maximum atomic E-state index is 10.9. The van der Waals surface area contributed by atoms with Crippen molar-refractivity contribution in [3.8, 4) is 11.1 Å². The predicted molar refractivity (Wildman–Crippen MR) is 74.2 cm³/mol. The number of hydrogen-bond acceptors (Lipinski definition) is 2. The first-order chi connectivity index (χ1) is 8.56. The molecule has 0 bridgehead atoms. The van der Waals surface area contributed by atoms with E-state index in [2.05, 4.69) is 0 Å². The summed E-state index contributed by atoms with van der Waals surface area (Å²) < 4.78 is 0. The third kappa shape index (κ3) is 2.81. The standard InChI is InChI=1S/C14H13ClN2O/c15-12-5-4-11(8-13(12)16)10-3-1-2-9(6-10)7-14(17)18/h1-6,8H,7,16H2,(H2,17,18). The Morgan fingerprint density at radius 2 is 1.83 bits per heavy atom. The minimum atomic E-state index is -0.345. The zero-order valence-electron chi connectivity index (χ0n) is 9.69. The second-order valence-electron chi connectivity index (χ2n) is 4.08. The molecule has 0 saturated carbocycles. The van der Waals surface area contributed by atoms with Crippen LogP contribution in [0.5, 0.6) is 0 Å². The Morgan fingerprint density at radius 1 is 1.11 bits per heavy atom. The van der Waals surface area contributed by atoms with Gasteiger partial charge in [-0.15, -0.1) is 0 Å². The van der Waals surface area contributed by atoms with Crippen molar-refractivity contribution in [3.05, 3.63) is 53.1 Å². The molecule has 0 saturated heterocycles. The molecule has 3 nitrogen and oxygen atoms in total. The molecule has 92 valence electrons. The highest BCUT2D eigenvalue weighted by Gasteiger charge is 2.04. The first kappa shape index (κ1) is 12.5. The monoisotopic (exact) mass is 260 g/mol. The number of anilines is 1. The van der Waals surface area contributed by atoms with Gasteiger partial charge in [0.2, 0.25) is 5.91 Å². The van der Waals surface area contributed by atoms with E-state index >= 15 is 0 Å². The summed E-state index contributed by atoms with van der Waals surface area (Å²) in [6.07, 6.45) is 0.233. The molecule has 0 aromatic heterocycles. The van der Waals surface area contributed by atoms with Gasteiger partial charge >= 0.3 is 0 Å². The van der Waals surface area contributed by atoms with E-state index in [1.165, 1.54) is 0 Å². The lowest BCUT2D eigenvalue weighted by Crippen LogP contribution is -2.13. The number of rotatable bonds is 3. The molecule has 0 aliphatic rings. The Balaban J connectivity index is 2.38. The van der Waals surface area contributed by atoms with E-state index in [0.717, 1.165) is 16.7 Å². The molecule has 2 aromatic rings. The van der Waals surface area contributed by atoms with Crippen molar-refractivity contribution in [1.82, 2.24) is 0 Å². The number of amides is 1. The average Bonchev–Trinajstić information content (AvgIpc) is 2.32. The van der Waals surface area contributed by atoms with Crippen molar-refractivity contribution in [2.45, 2.75) is 6.42 Å². The predicted octanol–water partition coefficient (Wildman–Crippen LogP) is 2.62. The highest BCUT2D eigenvalue weighted by Crippen LogP contribution is 2.27. The Labute approximate surface area is 110 Å². The molecule has 0 unspecified atom stereocenters. The van der Waals surface area contributed by atoms with E-state index < -0.39 is 0 Å². The number of carbonyl (C=O) groups excluding carboxylic acids is 1. The minimum Gasteiger partial charge on any atom is -0.398 e. The summed E-state index contributed by atoms with van der Waals surface area (Å²) in [5.41, 5.74) is 14.3. The van der Waals surface area contributed by atoms with Crippen LogP contribution in [0.2, 0.25) is 5.02 Å². The fourth-order valence-electron chi connectivity index (χ4n) is 1.79. The van der Waals surface area contributed by atoms with Crippen LogP contribution in [0.25, 0.3) is 11.1 Å². The third-order valence-electron chi connectivity index (χ3n) is 2.63. The Kier molecular flexibility index (Phi) is 3.53. The van der Waals surface area contributed by atoms with Crippen molar-refractivity contribution in [3.63, 3.8) is 0 Å². The van der Waals surface area contributed by atoms with Crippen LogP contribution in [0, 0.1) is 0 Å². The second-order valence-corrected chi connectivity index (χ2v) is 4.49. The van der Waals surface area contributed by atoms with E-state index in [1.54, 1.807) is 6.07 Å². The van der Waals surface area contributed by atoms with Crippen LogP contribution in [-0.2, 0) is 11.2 Å². The van der Waals surface area contributed by atoms with E-state index in [-0.39, 0.29) is 12.3 Å². The summed E-state index contributed by atoms with van der Waals surface area (Å²) in [4.78, 5) is 10.9. The summed E-state index contributed by atoms with van der Waals surface area (Å²) in [7, 11) is 0. The quantitative estimate of drug-likeness (QED) is 0.833. The molecule has 1 amide bonds. The van der Waals surface area contributed by atoms with Gasteiger partial charge in [0.15, 0.2) is 0 Å². The molecule has 0 atom stereocenters. The van der Waals surface area contributed by atoms with Gasteiger partial charge in [-0.2, -0.15) is 0 Å². The Morgan fingerprint density at radius 3 is 2.50 bits per heavy atom. The van der Waals surface area contributed by atoms with Gasteiger partial charge in [-0.05, 0) is 28.8 Å². The Hall–Kier alpha value is -2.00. The summed E-state index contributed by atoms with van der Waals surface area (Å²) in [6, 6.07) is 13.1. The topological polar surface area (TPSA) is 69.1 Å². The normalized spacial score (nSPS) is 10.3. The van der Waals surface area contributed by atoms with Crippen molar-refractivity contribution >= 4 is 23.2 Å². The molecule has 0 fully saturated rings. The van der Waals surface area contributed by atoms with Crippen molar-refractivity contribution in [2.24, 2.45) is 5.73 Å². The van der Waals surface area contributed by atoms with E-state index in [1.807, 2.05) is 36.4 Å². The molecule has 0 heterocycles. The number of carbonyl (C=O) groups is 1. The van der Waals surface area contributed by atoms with Gasteiger partial charge in [0.1, 0.15) is 0 Å². The molecule has 0 aliphatic heterocycles. The van der Waals surface area contributed by atoms with Crippen molar-refractivity contribution in [1.29, 1.82) is 0 Å². The van der Waals surface area contributed by atoms with E-state index in [4.69, 9.17) is 23.1 Å². The molecule has 0 radical (unpaired) electrons. The number of benzene rings is 2. The minimum absolute atomic E-state index is 0.233. The molecule has 2 aromatic carbocycles. The van der Waals surface area contributed by atoms with E-state index in [9.17, 15) is 4.79 Å². The summed E-state index contributed by atoms with van der Waals surface area (Å²) in [6.45, 7) is 0. The van der Waals surface area contributed by atoms with Gasteiger partial charge in [-0.3, -0.25) is 4.79 Å². The molecule has 0 spiro atoms. The lowest BCUT2D eigenvalue weighted by Gasteiger charge is -2.06. The molecule has 18 heavy (non-hydrogen) atoms. The van der Waals surface area contributed by atoms with Crippen LogP contribution in [0.15, 0.2) is 42.5 Å². The van der Waals surface area contributed by atoms with Crippen LogP contribution in [0.3, 0.4) is 0 Å². The Bertz CT molecular complexity index is 596. The third-order valence-corrected chi connectivity index (χ3v) is 2.98. The number of halogens is 1. The van der Waals surface area contributed by atoms with Crippen molar-refractivity contribution in [2.75, 3.05) is 5.73 Å². The first-order valence-corrected chi connectivity index (χ1v) is 5.86. The zero-order chi connectivity index (χ0) is 13.1. The summed E-state index contributed by atoms with van der Waals surface area (Å²) in [5, 5.41) is 0.534. The lowest BCUT2D eigenvalue weighted by atomic mass is 10.0. The highest BCUT2D eigenvalue weighted by molar-refractivity contribution is 6.33. The SMILES string of the molecule is NC(=O)Cc1cccc(-c2ccc(Cl)c(N)c2)c1. The van der Waals surface area contributed by atoms with Gasteiger partial charge < -0.3 is 11.5 Å². The first-order valence-electron chi connectivity index (χ1n) is 5.49. The zero-order valence-corrected chi connectivity index (χ0v) is 10.4. The van der Waals surface area contributed by atoms with Crippen LogP contribution >= 0.6 is 11.6 Å². The van der Waals surface area contributed by atoms with Crippen LogP contribution < -0.4 is 11.5 Å². The lowest BCUT2D eigenvalue weighted by molar-refractivity contribution is -0.117. The molecular formula is C14H13ClN2O. The maximum Gasteiger partial charge on any atom is 0.221 e. The summed E-state index contributed by atoms with van der Waals surface area (Å²) >= 11 is 5.88. The molecule has 4 heteroatoms. The molecule has 0 aliphatic carbocycles. The number of nitrogen functional groups attached to an aromatic ring is 1. The van der Waals surface area contributed by atoms with Gasteiger partial charge in [-0.1, -0.05) is 41.9 Å². The van der Waals surface area contributed by atoms with Gasteiger partial charge in [-0.25, -0.2) is 0 Å². The fraction of sp³-hybridized carbons (Fsp3) is 0.0714. The number of primary amides is 1. The highest BCUT2D eigenvalue weighted by atomic mass is 35.5. The van der Waals surface area contributed by atoms with E-state index in [0.29, 0.717) is 10.7 Å². The molecule has 2 rings (SSSR count).